The summed E-state index contributed by atoms with van der Waals surface area (Å²) in [4.78, 5) is 0. The predicted molar refractivity (Wildman–Crippen MR) is 24.9 cm³/mol. The van der Waals surface area contributed by atoms with Crippen molar-refractivity contribution in [1.29, 1.82) is 0 Å². The zero-order valence-electron chi connectivity index (χ0n) is 1.66. The van der Waals surface area contributed by atoms with Crippen molar-refractivity contribution in [2.75, 3.05) is 0 Å². The van der Waals surface area contributed by atoms with E-state index in [0.29, 0.717) is 0 Å². The Bertz CT molecular complexity index is 7.61. The quantitative estimate of drug-likeness (QED) is 0.428. The zero-order chi connectivity index (χ0) is 2.71. The molecule has 0 unspecified atom stereocenters. The second-order valence-electron chi connectivity index (χ2n) is 0.0583. The van der Waals surface area contributed by atoms with Gasteiger partial charge < -0.3 is 5.48 Å². The van der Waals surface area contributed by atoms with E-state index in [4.69, 9.17) is 0 Å². The van der Waals surface area contributed by atoms with Crippen molar-refractivity contribution in [3.63, 3.8) is 0 Å². The Balaban J connectivity index is -0.0000000200. The van der Waals surface area contributed by atoms with E-state index in [1.54, 1.807) is 0 Å². The first-order valence-electron chi connectivity index (χ1n) is 0.309. The van der Waals surface area contributed by atoms with Crippen LogP contribution in [0, 0.1) is 0 Å². The van der Waals surface area contributed by atoms with Crippen molar-refractivity contribution in [2.24, 2.45) is 0 Å². The molecule has 0 aliphatic heterocycles. The standard InChI is InChI=1S/Ca.Cl2O.H2O.2H/c;1-3-2;;;/h;;1H2;;. The van der Waals surface area contributed by atoms with E-state index in [2.05, 4.69) is 27.6 Å². The molecule has 0 spiro atoms. The molecule has 0 aromatic rings. The molecule has 0 radical (unpaired) electrons. The monoisotopic (exact) mass is 146 g/mol. The molecule has 0 saturated heterocycles. The summed E-state index contributed by atoms with van der Waals surface area (Å²) in [6, 6.07) is 0. The third-order valence-electron chi connectivity index (χ3n) is 0. The molecule has 5 heteroatoms. The molecule has 0 aliphatic carbocycles. The molecule has 0 aliphatic rings. The van der Waals surface area contributed by atoms with Gasteiger partial charge in [0, 0.05) is 0 Å². The van der Waals surface area contributed by atoms with Gasteiger partial charge >= 0.3 is 37.7 Å². The summed E-state index contributed by atoms with van der Waals surface area (Å²) in [5, 5.41) is 0. The van der Waals surface area contributed by atoms with Gasteiger partial charge in [-0.3, -0.25) is 0 Å². The van der Waals surface area contributed by atoms with Crippen LogP contribution in [0.4, 0.5) is 0 Å². The van der Waals surface area contributed by atoms with Crippen LogP contribution in [-0.2, 0) is 3.84 Å². The zero-order valence-corrected chi connectivity index (χ0v) is 3.18. The SMILES string of the molecule is ClOCl.O.[CaH2]. The van der Waals surface area contributed by atoms with Crippen LogP contribution < -0.4 is 0 Å². The van der Waals surface area contributed by atoms with Crippen LogP contribution in [0.15, 0.2) is 0 Å². The first-order valence-corrected chi connectivity index (χ1v) is 0.926. The Morgan fingerprint density at radius 2 is 1.20 bits per heavy atom. The second-order valence-corrected chi connectivity index (χ2v) is 0.525. The van der Waals surface area contributed by atoms with Crippen LogP contribution in [0.2, 0.25) is 0 Å². The van der Waals surface area contributed by atoms with Gasteiger partial charge in [-0.1, -0.05) is 0 Å². The third kappa shape index (κ3) is 26.3. The van der Waals surface area contributed by atoms with Crippen molar-refractivity contribution in [2.45, 2.75) is 0 Å². The summed E-state index contributed by atoms with van der Waals surface area (Å²) in [5.74, 6) is 0. The summed E-state index contributed by atoms with van der Waals surface area (Å²) in [6.07, 6.45) is 0. The van der Waals surface area contributed by atoms with E-state index >= 15 is 0 Å². The number of rotatable bonds is 0. The van der Waals surface area contributed by atoms with Gasteiger partial charge in [0.1, 0.15) is 0 Å². The van der Waals surface area contributed by atoms with Crippen LogP contribution in [0.1, 0.15) is 0 Å². The fraction of sp³-hybridized carbons (Fsp3) is 0. The number of hydrogen-bond acceptors (Lipinski definition) is 1. The molecule has 0 heterocycles. The van der Waals surface area contributed by atoms with E-state index < -0.39 is 0 Å². The Labute approximate surface area is 70.0 Å². The van der Waals surface area contributed by atoms with Gasteiger partial charge in [0.05, 0.1) is 23.7 Å². The molecule has 0 atom stereocenters. The van der Waals surface area contributed by atoms with Gasteiger partial charge in [0.25, 0.3) is 0 Å². The average Bonchev–Trinajstić information content (AvgIpc) is 0.918. The topological polar surface area (TPSA) is 40.7 Å². The molecule has 5 heavy (non-hydrogen) atoms. The van der Waals surface area contributed by atoms with Crippen molar-refractivity contribution in [1.82, 2.24) is 0 Å². The van der Waals surface area contributed by atoms with Crippen molar-refractivity contribution in [3.8, 4) is 0 Å². The van der Waals surface area contributed by atoms with Gasteiger partial charge in [0.2, 0.25) is 0 Å². The van der Waals surface area contributed by atoms with Crippen LogP contribution in [0.3, 0.4) is 0 Å². The van der Waals surface area contributed by atoms with Gasteiger partial charge in [-0.15, -0.1) is 0 Å². The normalized spacial score (nSPS) is 3.60. The van der Waals surface area contributed by atoms with E-state index in [-0.39, 0.29) is 43.2 Å². The summed E-state index contributed by atoms with van der Waals surface area (Å²) in [7, 11) is 0. The van der Waals surface area contributed by atoms with Crippen LogP contribution in [-0.4, -0.2) is 43.2 Å². The molecule has 0 aromatic carbocycles. The minimum absolute atomic E-state index is 0. The van der Waals surface area contributed by atoms with Gasteiger partial charge in [0.15, 0.2) is 0 Å². The molecule has 32 valence electrons. The van der Waals surface area contributed by atoms with Gasteiger partial charge in [-0.25, -0.2) is 0 Å². The summed E-state index contributed by atoms with van der Waals surface area (Å²) >= 11 is 8.53. The average molecular weight is 147 g/mol. The molecule has 0 aromatic heterocycles. The summed E-state index contributed by atoms with van der Waals surface area (Å²) in [5.41, 5.74) is 0. The Kier molecular flexibility index (Phi) is 54.4. The molecule has 0 amide bonds. The van der Waals surface area contributed by atoms with Gasteiger partial charge in [-0.2, -0.15) is 3.84 Å². The number of hydrogen-bond donors (Lipinski definition) is 0. The van der Waals surface area contributed by atoms with E-state index in [0.717, 1.165) is 0 Å². The Morgan fingerprint density at radius 3 is 1.20 bits per heavy atom. The first kappa shape index (κ1) is 15.9. The van der Waals surface area contributed by atoms with Crippen molar-refractivity contribution < 1.29 is 9.32 Å². The fourth-order valence-corrected chi connectivity index (χ4v) is 0. The minimum atomic E-state index is 0. The van der Waals surface area contributed by atoms with Crippen molar-refractivity contribution in [3.05, 3.63) is 0 Å². The van der Waals surface area contributed by atoms with E-state index in [1.165, 1.54) is 0 Å². The molecule has 2 N–H and O–H groups in total. The third-order valence-corrected chi connectivity index (χ3v) is 0. The molecular weight excluding hydrogens is 143 g/mol. The number of halogens is 2. The maximum absolute atomic E-state index is 4.26. The summed E-state index contributed by atoms with van der Waals surface area (Å²) < 4.78 is 3.19. The fourth-order valence-electron chi connectivity index (χ4n) is 0. The second kappa shape index (κ2) is 17.1. The molecule has 0 fully saturated rings. The van der Waals surface area contributed by atoms with Crippen LogP contribution >= 0.6 is 23.7 Å². The first-order chi connectivity index (χ1) is 1.41. The van der Waals surface area contributed by atoms with E-state index in [9.17, 15) is 0 Å². The van der Waals surface area contributed by atoms with Crippen LogP contribution in [0.5, 0.6) is 0 Å². The Morgan fingerprint density at radius 1 is 1.20 bits per heavy atom. The van der Waals surface area contributed by atoms with Crippen LogP contribution in [0.25, 0.3) is 0 Å². The molecule has 0 bridgehead atoms. The molecule has 0 rings (SSSR count). The molecule has 2 nitrogen and oxygen atoms in total. The van der Waals surface area contributed by atoms with Crippen molar-refractivity contribution >= 4 is 61.5 Å². The van der Waals surface area contributed by atoms with Gasteiger partial charge in [-0.05, 0) is 0 Å². The maximum atomic E-state index is 4.26. The molecule has 0 saturated carbocycles. The van der Waals surface area contributed by atoms with E-state index in [1.807, 2.05) is 0 Å². The summed E-state index contributed by atoms with van der Waals surface area (Å²) in [6.45, 7) is 0. The Hall–Kier alpha value is 1.76. The predicted octanol–water partition coefficient (Wildman–Crippen LogP) is -0.430. The molecular formula is H4CaCl2O2.